The Balaban J connectivity index is 0.000000848. The Morgan fingerprint density at radius 2 is 1.36 bits per heavy atom. The van der Waals surface area contributed by atoms with Crippen LogP contribution in [0.25, 0.3) is 0 Å². The first-order chi connectivity index (χ1) is 10.8. The molecule has 0 bridgehead atoms. The summed E-state index contributed by atoms with van der Waals surface area (Å²) < 4.78 is 8.88. The summed E-state index contributed by atoms with van der Waals surface area (Å²) in [6.45, 7) is 11.3. The van der Waals surface area contributed by atoms with E-state index in [2.05, 4.69) is 89.2 Å². The van der Waals surface area contributed by atoms with Gasteiger partial charge in [-0.15, -0.1) is 5.56 Å². The summed E-state index contributed by atoms with van der Waals surface area (Å²) >= 11 is 0. The molecule has 3 N–H and O–H groups in total. The topological polar surface area (TPSA) is 77.8 Å². The second-order valence-corrected chi connectivity index (χ2v) is 8.27. The third kappa shape index (κ3) is 8.65. The molecule has 4 nitrogen and oxygen atoms in total. The molecule has 0 unspecified atom stereocenters. The maximum atomic E-state index is 8.88. The van der Waals surface area contributed by atoms with Crippen molar-refractivity contribution in [3.8, 4) is 0 Å². The van der Waals surface area contributed by atoms with Crippen LogP contribution in [0.4, 0.5) is 0 Å². The molecule has 2 rings (SSSR count). The molecule has 0 saturated carbocycles. The molecule has 0 atom stereocenters. The predicted molar refractivity (Wildman–Crippen MR) is 96.8 cm³/mol. The maximum Gasteiger partial charge on any atom is 1.00 e. The monoisotopic (exact) mass is 372 g/mol. The van der Waals surface area contributed by atoms with Gasteiger partial charge >= 0.3 is 37.4 Å². The smallest absolute Gasteiger partial charge is 0.303 e. The fraction of sp³-hybridized carbons (Fsp3) is 0.368. The van der Waals surface area contributed by atoms with Crippen molar-refractivity contribution in [1.82, 2.24) is 0 Å². The zero-order valence-electron chi connectivity index (χ0n) is 15.8. The SMILES string of the molecule is CC(C)(C)c1[c-]ccc(C(C)(C)c2ccccc2)c1.O=P(O)(O)O.[Na+]. The van der Waals surface area contributed by atoms with Gasteiger partial charge in [-0.05, 0) is 16.4 Å². The molecule has 2 aromatic carbocycles. The fourth-order valence-electron chi connectivity index (χ4n) is 2.31. The van der Waals surface area contributed by atoms with Gasteiger partial charge in [0.05, 0.1) is 0 Å². The Labute approximate surface area is 172 Å². The van der Waals surface area contributed by atoms with E-state index < -0.39 is 7.82 Å². The summed E-state index contributed by atoms with van der Waals surface area (Å²) in [5.74, 6) is 0. The maximum absolute atomic E-state index is 8.88. The van der Waals surface area contributed by atoms with Gasteiger partial charge in [-0.1, -0.05) is 65.0 Å². The van der Waals surface area contributed by atoms with Crippen molar-refractivity contribution in [2.24, 2.45) is 0 Å². The fourth-order valence-corrected chi connectivity index (χ4v) is 2.31. The van der Waals surface area contributed by atoms with Crippen LogP contribution in [-0.2, 0) is 15.4 Å². The summed E-state index contributed by atoms with van der Waals surface area (Å²) in [5.41, 5.74) is 4.14. The summed E-state index contributed by atoms with van der Waals surface area (Å²) in [6, 6.07) is 20.6. The molecule has 132 valence electrons. The van der Waals surface area contributed by atoms with Gasteiger partial charge in [0.25, 0.3) is 0 Å². The first-order valence-electron chi connectivity index (χ1n) is 7.68. The van der Waals surface area contributed by atoms with Crippen LogP contribution in [0.2, 0.25) is 0 Å². The van der Waals surface area contributed by atoms with Crippen LogP contribution in [0.15, 0.2) is 48.5 Å². The van der Waals surface area contributed by atoms with Crippen molar-refractivity contribution in [3.63, 3.8) is 0 Å². The molecule has 0 aliphatic carbocycles. The van der Waals surface area contributed by atoms with Gasteiger partial charge in [0.15, 0.2) is 0 Å². The molecule has 0 aromatic heterocycles. The van der Waals surface area contributed by atoms with Crippen molar-refractivity contribution in [2.75, 3.05) is 0 Å². The first kappa shape index (κ1) is 24.6. The number of hydrogen-bond donors (Lipinski definition) is 3. The molecule has 2 aromatic rings. The predicted octanol–water partition coefficient (Wildman–Crippen LogP) is 1.19. The molecule has 25 heavy (non-hydrogen) atoms. The third-order valence-electron chi connectivity index (χ3n) is 3.83. The second kappa shape index (κ2) is 9.48. The van der Waals surface area contributed by atoms with Crippen LogP contribution in [-0.4, -0.2) is 14.7 Å². The zero-order valence-corrected chi connectivity index (χ0v) is 18.7. The molecule has 0 fully saturated rings. The molecule has 0 spiro atoms. The first-order valence-corrected chi connectivity index (χ1v) is 9.25. The van der Waals surface area contributed by atoms with Gasteiger partial charge < -0.3 is 14.7 Å². The van der Waals surface area contributed by atoms with E-state index in [0.29, 0.717) is 0 Å². The van der Waals surface area contributed by atoms with E-state index in [1.807, 2.05) is 0 Å². The van der Waals surface area contributed by atoms with Crippen molar-refractivity contribution >= 4 is 7.82 Å². The average molecular weight is 372 g/mol. The van der Waals surface area contributed by atoms with E-state index >= 15 is 0 Å². The van der Waals surface area contributed by atoms with Gasteiger partial charge in [-0.3, -0.25) is 0 Å². The molecule has 0 aliphatic heterocycles. The van der Waals surface area contributed by atoms with Crippen LogP contribution in [0.1, 0.15) is 51.3 Å². The Morgan fingerprint density at radius 3 is 1.80 bits per heavy atom. The van der Waals surface area contributed by atoms with Gasteiger partial charge in [0.1, 0.15) is 0 Å². The van der Waals surface area contributed by atoms with E-state index in [1.54, 1.807) is 0 Å². The molecule has 0 saturated heterocycles. The molecular formula is C19H26NaO4P. The number of phosphoric acid groups is 1. The number of hydrogen-bond acceptors (Lipinski definition) is 1. The summed E-state index contributed by atoms with van der Waals surface area (Å²) in [5, 5.41) is 0. The minimum absolute atomic E-state index is 0. The summed E-state index contributed by atoms with van der Waals surface area (Å²) in [7, 11) is -4.64. The zero-order chi connectivity index (χ0) is 18.6. The largest absolute Gasteiger partial charge is 1.00 e. The molecule has 0 radical (unpaired) electrons. The van der Waals surface area contributed by atoms with E-state index in [-0.39, 0.29) is 40.4 Å². The van der Waals surface area contributed by atoms with Crippen LogP contribution in [0.5, 0.6) is 0 Å². The minimum Gasteiger partial charge on any atom is -0.303 e. The van der Waals surface area contributed by atoms with E-state index in [0.717, 1.165) is 0 Å². The van der Waals surface area contributed by atoms with Gasteiger partial charge in [-0.25, -0.2) is 4.57 Å². The normalized spacial score (nSPS) is 11.8. The van der Waals surface area contributed by atoms with E-state index in [4.69, 9.17) is 19.2 Å². The molecular weight excluding hydrogens is 346 g/mol. The Morgan fingerprint density at radius 1 is 0.880 bits per heavy atom. The molecule has 0 aliphatic rings. The molecule has 6 heteroatoms. The van der Waals surface area contributed by atoms with E-state index in [1.165, 1.54) is 16.7 Å². The van der Waals surface area contributed by atoms with Crippen molar-refractivity contribution < 1.29 is 48.8 Å². The summed E-state index contributed by atoms with van der Waals surface area (Å²) in [6.07, 6.45) is 0. The third-order valence-corrected chi connectivity index (χ3v) is 3.83. The number of rotatable bonds is 2. The van der Waals surface area contributed by atoms with Crippen LogP contribution in [0, 0.1) is 6.07 Å². The van der Waals surface area contributed by atoms with Gasteiger partial charge in [0, 0.05) is 0 Å². The number of benzene rings is 2. The summed E-state index contributed by atoms with van der Waals surface area (Å²) in [4.78, 5) is 21.6. The van der Waals surface area contributed by atoms with Crippen molar-refractivity contribution in [3.05, 3.63) is 71.3 Å². The van der Waals surface area contributed by atoms with Crippen molar-refractivity contribution in [1.29, 1.82) is 0 Å². The molecule has 0 amide bonds. The average Bonchev–Trinajstić information content (AvgIpc) is 2.46. The molecule has 0 heterocycles. The second-order valence-electron chi connectivity index (χ2n) is 7.25. The van der Waals surface area contributed by atoms with Gasteiger partial charge in [0.2, 0.25) is 0 Å². The Hall–Kier alpha value is -0.450. The standard InChI is InChI=1S/C19H23.Na.H3O4P/c1-18(2,3)16-12-9-13-17(14-16)19(4,5)15-10-7-6-8-11-15;;1-5(2,3)4/h6-11,13-14H,1-5H3;;(H3,1,2,3,4)/q-1;+1;. The minimum atomic E-state index is -4.64. The van der Waals surface area contributed by atoms with Crippen LogP contribution in [0.3, 0.4) is 0 Å². The van der Waals surface area contributed by atoms with Gasteiger partial charge in [-0.2, -0.15) is 29.8 Å². The Kier molecular flexibility index (Phi) is 9.30. The van der Waals surface area contributed by atoms with Crippen LogP contribution < -0.4 is 29.6 Å². The van der Waals surface area contributed by atoms with E-state index in [9.17, 15) is 0 Å². The van der Waals surface area contributed by atoms with Crippen LogP contribution >= 0.6 is 7.82 Å². The van der Waals surface area contributed by atoms with Crippen molar-refractivity contribution in [2.45, 2.75) is 45.4 Å². The quantitative estimate of drug-likeness (QED) is 0.420. The Bertz CT molecular complexity index is 695.